The summed E-state index contributed by atoms with van der Waals surface area (Å²) in [7, 11) is 0. The smallest absolute Gasteiger partial charge is 0.167 e. The van der Waals surface area contributed by atoms with E-state index in [4.69, 9.17) is 4.74 Å². The SMILES string of the molecule is CCCOc1ccc(-c2ccc(-c3ccc(CC)cc3)c(F)c2F)cc1. The number of hydrogen-bond acceptors (Lipinski definition) is 1. The first-order valence-corrected chi connectivity index (χ1v) is 8.94. The predicted octanol–water partition coefficient (Wildman–Crippen LogP) is 6.65. The van der Waals surface area contributed by atoms with Crippen molar-refractivity contribution in [3.8, 4) is 28.0 Å². The van der Waals surface area contributed by atoms with E-state index in [0.29, 0.717) is 17.7 Å². The Bertz CT molecular complexity index is 868. The zero-order valence-corrected chi connectivity index (χ0v) is 15.1. The van der Waals surface area contributed by atoms with Crippen LogP contribution in [0.5, 0.6) is 5.75 Å². The van der Waals surface area contributed by atoms with E-state index in [1.807, 2.05) is 31.2 Å². The molecule has 134 valence electrons. The minimum Gasteiger partial charge on any atom is -0.494 e. The Morgan fingerprint density at radius 2 is 1.19 bits per heavy atom. The van der Waals surface area contributed by atoms with Crippen molar-refractivity contribution in [1.29, 1.82) is 0 Å². The first-order valence-electron chi connectivity index (χ1n) is 8.94. The predicted molar refractivity (Wildman–Crippen MR) is 102 cm³/mol. The summed E-state index contributed by atoms with van der Waals surface area (Å²) in [5.74, 6) is -0.925. The molecule has 26 heavy (non-hydrogen) atoms. The Morgan fingerprint density at radius 1 is 0.692 bits per heavy atom. The second-order valence-corrected chi connectivity index (χ2v) is 6.21. The highest BCUT2D eigenvalue weighted by molar-refractivity contribution is 5.72. The Labute approximate surface area is 153 Å². The lowest BCUT2D eigenvalue weighted by Crippen LogP contribution is -1.96. The molecule has 3 heteroatoms. The molecule has 0 saturated heterocycles. The van der Waals surface area contributed by atoms with E-state index in [9.17, 15) is 8.78 Å². The summed E-state index contributed by atoms with van der Waals surface area (Å²) in [5, 5.41) is 0. The molecular weight excluding hydrogens is 330 g/mol. The standard InChI is InChI=1S/C23H22F2O/c1-3-15-26-19-11-9-18(10-12-19)21-14-13-20(22(24)23(21)25)17-7-5-16(4-2)6-8-17/h5-14H,3-4,15H2,1-2H3. The van der Waals surface area contributed by atoms with Crippen LogP contribution in [0.4, 0.5) is 8.78 Å². The van der Waals surface area contributed by atoms with Crippen LogP contribution in [-0.4, -0.2) is 6.61 Å². The molecule has 0 N–H and O–H groups in total. The van der Waals surface area contributed by atoms with E-state index in [1.165, 1.54) is 0 Å². The maximum atomic E-state index is 14.7. The quantitative estimate of drug-likeness (QED) is 0.482. The van der Waals surface area contributed by atoms with Crippen LogP contribution >= 0.6 is 0 Å². The molecular formula is C23H22F2O. The Morgan fingerprint density at radius 3 is 1.65 bits per heavy atom. The van der Waals surface area contributed by atoms with Crippen LogP contribution in [0, 0.1) is 11.6 Å². The van der Waals surface area contributed by atoms with Crippen molar-refractivity contribution in [2.75, 3.05) is 6.61 Å². The molecule has 3 aromatic carbocycles. The molecule has 0 radical (unpaired) electrons. The number of benzene rings is 3. The van der Waals surface area contributed by atoms with Crippen LogP contribution < -0.4 is 4.74 Å². The third-order valence-electron chi connectivity index (χ3n) is 4.39. The molecule has 0 atom stereocenters. The fourth-order valence-electron chi connectivity index (χ4n) is 2.87. The summed E-state index contributed by atoms with van der Waals surface area (Å²) in [4.78, 5) is 0. The number of halogens is 2. The fraction of sp³-hybridized carbons (Fsp3) is 0.217. The molecule has 0 aliphatic rings. The van der Waals surface area contributed by atoms with Gasteiger partial charge in [-0.05, 0) is 41.7 Å². The molecule has 0 heterocycles. The molecule has 0 bridgehead atoms. The van der Waals surface area contributed by atoms with Crippen molar-refractivity contribution < 1.29 is 13.5 Å². The van der Waals surface area contributed by atoms with Gasteiger partial charge in [0.25, 0.3) is 0 Å². The summed E-state index contributed by atoms with van der Waals surface area (Å²) >= 11 is 0. The molecule has 0 spiro atoms. The van der Waals surface area contributed by atoms with Crippen LogP contribution in [0.2, 0.25) is 0 Å². The van der Waals surface area contributed by atoms with Crippen LogP contribution in [0.1, 0.15) is 25.8 Å². The minimum absolute atomic E-state index is 0.249. The van der Waals surface area contributed by atoms with Gasteiger partial charge in [-0.25, -0.2) is 8.78 Å². The van der Waals surface area contributed by atoms with E-state index in [2.05, 4.69) is 6.92 Å². The molecule has 0 saturated carbocycles. The van der Waals surface area contributed by atoms with Gasteiger partial charge in [0.2, 0.25) is 0 Å². The first kappa shape index (κ1) is 18.1. The Hall–Kier alpha value is -2.68. The van der Waals surface area contributed by atoms with E-state index < -0.39 is 11.6 Å². The van der Waals surface area contributed by atoms with Gasteiger partial charge in [-0.15, -0.1) is 0 Å². The summed E-state index contributed by atoms with van der Waals surface area (Å²) < 4.78 is 34.9. The topological polar surface area (TPSA) is 9.23 Å². The summed E-state index contributed by atoms with van der Waals surface area (Å²) in [5.41, 5.74) is 2.98. The number of hydrogen-bond donors (Lipinski definition) is 0. The molecule has 0 aliphatic heterocycles. The van der Waals surface area contributed by atoms with Crippen molar-refractivity contribution in [2.45, 2.75) is 26.7 Å². The molecule has 0 aliphatic carbocycles. The first-order chi connectivity index (χ1) is 12.6. The van der Waals surface area contributed by atoms with E-state index in [1.54, 1.807) is 36.4 Å². The van der Waals surface area contributed by atoms with Gasteiger partial charge in [-0.3, -0.25) is 0 Å². The number of aryl methyl sites for hydroxylation is 1. The third-order valence-corrected chi connectivity index (χ3v) is 4.39. The van der Waals surface area contributed by atoms with Crippen molar-refractivity contribution in [3.63, 3.8) is 0 Å². The summed E-state index contributed by atoms with van der Waals surface area (Å²) in [6, 6.07) is 17.9. The van der Waals surface area contributed by atoms with Gasteiger partial charge < -0.3 is 4.74 Å². The molecule has 0 amide bonds. The summed E-state index contributed by atoms with van der Waals surface area (Å²) in [6.45, 7) is 4.72. The van der Waals surface area contributed by atoms with Gasteiger partial charge in [0.05, 0.1) is 6.61 Å². The number of rotatable bonds is 6. The molecule has 0 aromatic heterocycles. The molecule has 3 rings (SSSR count). The lowest BCUT2D eigenvalue weighted by Gasteiger charge is -2.10. The molecule has 0 fully saturated rings. The van der Waals surface area contributed by atoms with Gasteiger partial charge in [0.15, 0.2) is 11.6 Å². The van der Waals surface area contributed by atoms with Gasteiger partial charge in [0, 0.05) is 11.1 Å². The maximum Gasteiger partial charge on any atom is 0.167 e. The van der Waals surface area contributed by atoms with E-state index in [-0.39, 0.29) is 11.1 Å². The molecule has 0 unspecified atom stereocenters. The molecule has 1 nitrogen and oxygen atoms in total. The average molecular weight is 352 g/mol. The van der Waals surface area contributed by atoms with Crippen LogP contribution in [0.3, 0.4) is 0 Å². The van der Waals surface area contributed by atoms with Gasteiger partial charge in [0.1, 0.15) is 5.75 Å². The van der Waals surface area contributed by atoms with Gasteiger partial charge in [-0.1, -0.05) is 62.4 Å². The Kier molecular flexibility index (Phi) is 5.67. The monoisotopic (exact) mass is 352 g/mol. The molecule has 3 aromatic rings. The highest BCUT2D eigenvalue weighted by Crippen LogP contribution is 2.32. The summed E-state index contributed by atoms with van der Waals surface area (Å²) in [6.07, 6.45) is 1.83. The van der Waals surface area contributed by atoms with Gasteiger partial charge >= 0.3 is 0 Å². The highest BCUT2D eigenvalue weighted by Gasteiger charge is 2.16. The average Bonchev–Trinajstić information content (AvgIpc) is 2.69. The van der Waals surface area contributed by atoms with E-state index in [0.717, 1.165) is 24.2 Å². The maximum absolute atomic E-state index is 14.7. The van der Waals surface area contributed by atoms with Crippen LogP contribution in [0.25, 0.3) is 22.3 Å². The van der Waals surface area contributed by atoms with Crippen LogP contribution in [0.15, 0.2) is 60.7 Å². The van der Waals surface area contributed by atoms with Crippen LogP contribution in [-0.2, 0) is 6.42 Å². The zero-order chi connectivity index (χ0) is 18.5. The van der Waals surface area contributed by atoms with Crippen molar-refractivity contribution in [3.05, 3.63) is 77.9 Å². The number of ether oxygens (including phenoxy) is 1. The highest BCUT2D eigenvalue weighted by atomic mass is 19.2. The van der Waals surface area contributed by atoms with Crippen molar-refractivity contribution in [2.24, 2.45) is 0 Å². The van der Waals surface area contributed by atoms with Crippen molar-refractivity contribution >= 4 is 0 Å². The lowest BCUT2D eigenvalue weighted by molar-refractivity contribution is 0.317. The second-order valence-electron chi connectivity index (χ2n) is 6.21. The van der Waals surface area contributed by atoms with Gasteiger partial charge in [-0.2, -0.15) is 0 Å². The minimum atomic E-state index is -0.829. The fourth-order valence-corrected chi connectivity index (χ4v) is 2.87. The Balaban J connectivity index is 1.91. The lowest BCUT2D eigenvalue weighted by atomic mass is 9.98. The zero-order valence-electron chi connectivity index (χ0n) is 15.1. The van der Waals surface area contributed by atoms with E-state index >= 15 is 0 Å². The largest absolute Gasteiger partial charge is 0.494 e. The van der Waals surface area contributed by atoms with Crippen molar-refractivity contribution in [1.82, 2.24) is 0 Å². The normalized spacial score (nSPS) is 10.8. The second kappa shape index (κ2) is 8.13. The third kappa shape index (κ3) is 3.77.